The third-order valence-electron chi connectivity index (χ3n) is 3.81. The quantitative estimate of drug-likeness (QED) is 0.730. The van der Waals surface area contributed by atoms with Gasteiger partial charge in [0.05, 0.1) is 31.0 Å². The lowest BCUT2D eigenvalue weighted by Crippen LogP contribution is -1.92. The van der Waals surface area contributed by atoms with Crippen molar-refractivity contribution in [3.8, 4) is 23.3 Å². The molecule has 25 heavy (non-hydrogen) atoms. The highest BCUT2D eigenvalue weighted by molar-refractivity contribution is 5.91. The second-order valence-corrected chi connectivity index (χ2v) is 5.33. The van der Waals surface area contributed by atoms with Gasteiger partial charge in [-0.05, 0) is 35.9 Å². The smallest absolute Gasteiger partial charge is 0.200 e. The number of phenols is 1. The van der Waals surface area contributed by atoms with E-state index in [0.717, 1.165) is 10.9 Å². The Bertz CT molecular complexity index is 978. The average Bonchev–Trinajstić information content (AvgIpc) is 2.66. The van der Waals surface area contributed by atoms with Crippen molar-refractivity contribution >= 4 is 22.6 Å². The van der Waals surface area contributed by atoms with E-state index < -0.39 is 0 Å². The molecular weight excluding hydrogens is 316 g/mol. The minimum absolute atomic E-state index is 0.0792. The van der Waals surface area contributed by atoms with Crippen molar-refractivity contribution in [1.82, 2.24) is 4.98 Å². The molecular formula is C20H16N2O3. The van der Waals surface area contributed by atoms with E-state index in [1.54, 1.807) is 18.2 Å². The summed E-state index contributed by atoms with van der Waals surface area (Å²) in [4.78, 5) is 4.54. The second kappa shape index (κ2) is 6.93. The van der Waals surface area contributed by atoms with Crippen LogP contribution in [0.5, 0.6) is 17.2 Å². The van der Waals surface area contributed by atoms with Crippen LogP contribution in [0.3, 0.4) is 0 Å². The van der Waals surface area contributed by atoms with Crippen LogP contribution in [0, 0.1) is 11.3 Å². The zero-order chi connectivity index (χ0) is 17.8. The summed E-state index contributed by atoms with van der Waals surface area (Å²) >= 11 is 0. The molecule has 0 aliphatic rings. The van der Waals surface area contributed by atoms with Crippen molar-refractivity contribution in [3.05, 3.63) is 59.8 Å². The molecule has 1 N–H and O–H groups in total. The van der Waals surface area contributed by atoms with Crippen LogP contribution in [0.25, 0.3) is 22.6 Å². The first-order valence-corrected chi connectivity index (χ1v) is 7.59. The molecule has 0 bridgehead atoms. The number of para-hydroxylation sites is 1. The Morgan fingerprint density at radius 2 is 1.76 bits per heavy atom. The van der Waals surface area contributed by atoms with E-state index in [4.69, 9.17) is 9.47 Å². The third-order valence-corrected chi connectivity index (χ3v) is 3.81. The van der Waals surface area contributed by atoms with Crippen molar-refractivity contribution in [2.45, 2.75) is 0 Å². The molecule has 1 heterocycles. The summed E-state index contributed by atoms with van der Waals surface area (Å²) in [6.45, 7) is 0. The normalized spacial score (nSPS) is 11.2. The molecule has 0 radical (unpaired) electrons. The zero-order valence-corrected chi connectivity index (χ0v) is 13.9. The topological polar surface area (TPSA) is 75.4 Å². The number of ether oxygens (including phenoxy) is 2. The fraction of sp³-hybridized carbons (Fsp3) is 0.100. The molecule has 124 valence electrons. The van der Waals surface area contributed by atoms with Crippen molar-refractivity contribution in [3.63, 3.8) is 0 Å². The predicted octanol–water partition coefficient (Wildman–Crippen LogP) is 4.02. The number of nitrogens with zero attached hydrogens (tertiary/aromatic N) is 2. The number of aromatic hydroxyl groups is 1. The molecule has 0 fully saturated rings. The standard InChI is InChI=1S/C20H16N2O3/c1-24-18-10-13(11-19(25-2)20(18)23)9-15(12-21)17-8-7-14-5-3-4-6-16(14)22-17/h3-11,23H,1-2H3/b15-9-. The molecule has 3 rings (SSSR count). The van der Waals surface area contributed by atoms with E-state index in [2.05, 4.69) is 11.1 Å². The number of fused-ring (bicyclic) bond motifs is 1. The van der Waals surface area contributed by atoms with Crippen LogP contribution >= 0.6 is 0 Å². The van der Waals surface area contributed by atoms with E-state index in [9.17, 15) is 10.4 Å². The average molecular weight is 332 g/mol. The summed E-state index contributed by atoms with van der Waals surface area (Å²) < 4.78 is 10.3. The summed E-state index contributed by atoms with van der Waals surface area (Å²) in [6.07, 6.45) is 1.68. The maximum Gasteiger partial charge on any atom is 0.200 e. The maximum absolute atomic E-state index is 9.99. The Morgan fingerprint density at radius 3 is 2.40 bits per heavy atom. The first kappa shape index (κ1) is 16.3. The van der Waals surface area contributed by atoms with Crippen LogP contribution in [0.15, 0.2) is 48.5 Å². The lowest BCUT2D eigenvalue weighted by Gasteiger charge is -2.10. The van der Waals surface area contributed by atoms with Gasteiger partial charge in [0, 0.05) is 5.39 Å². The SMILES string of the molecule is COc1cc(/C=C(/C#N)c2ccc3ccccc3n2)cc(OC)c1O. The van der Waals surface area contributed by atoms with Gasteiger partial charge in [0.2, 0.25) is 5.75 Å². The largest absolute Gasteiger partial charge is 0.502 e. The summed E-state index contributed by atoms with van der Waals surface area (Å²) in [6, 6.07) is 16.9. The zero-order valence-electron chi connectivity index (χ0n) is 13.9. The monoisotopic (exact) mass is 332 g/mol. The lowest BCUT2D eigenvalue weighted by atomic mass is 10.1. The molecule has 2 aromatic carbocycles. The van der Waals surface area contributed by atoms with Crippen molar-refractivity contribution < 1.29 is 14.6 Å². The first-order valence-electron chi connectivity index (χ1n) is 7.59. The van der Waals surface area contributed by atoms with Gasteiger partial charge in [-0.15, -0.1) is 0 Å². The number of allylic oxidation sites excluding steroid dienone is 1. The fourth-order valence-corrected chi connectivity index (χ4v) is 2.54. The molecule has 0 atom stereocenters. The van der Waals surface area contributed by atoms with Crippen LogP contribution in [0.2, 0.25) is 0 Å². The highest BCUT2D eigenvalue weighted by Gasteiger charge is 2.12. The summed E-state index contributed by atoms with van der Waals surface area (Å²) in [7, 11) is 2.91. The maximum atomic E-state index is 9.99. The van der Waals surface area contributed by atoms with E-state index in [-0.39, 0.29) is 17.2 Å². The number of aromatic nitrogens is 1. The predicted molar refractivity (Wildman–Crippen MR) is 96.4 cm³/mol. The van der Waals surface area contributed by atoms with Gasteiger partial charge in [-0.1, -0.05) is 24.3 Å². The summed E-state index contributed by atoms with van der Waals surface area (Å²) in [5.74, 6) is 0.466. The molecule has 0 aliphatic carbocycles. The van der Waals surface area contributed by atoms with Gasteiger partial charge >= 0.3 is 0 Å². The minimum Gasteiger partial charge on any atom is -0.502 e. The molecule has 0 aliphatic heterocycles. The molecule has 0 unspecified atom stereocenters. The number of pyridine rings is 1. The van der Waals surface area contributed by atoms with E-state index in [0.29, 0.717) is 16.8 Å². The number of methoxy groups -OCH3 is 2. The minimum atomic E-state index is -0.0792. The molecule has 5 nitrogen and oxygen atoms in total. The van der Waals surface area contributed by atoms with E-state index in [1.807, 2.05) is 36.4 Å². The highest BCUT2D eigenvalue weighted by atomic mass is 16.5. The first-order chi connectivity index (χ1) is 12.2. The molecule has 0 saturated carbocycles. The number of hydrogen-bond acceptors (Lipinski definition) is 5. The van der Waals surface area contributed by atoms with Gasteiger partial charge < -0.3 is 14.6 Å². The number of nitriles is 1. The van der Waals surface area contributed by atoms with Crippen molar-refractivity contribution in [1.29, 1.82) is 5.26 Å². The van der Waals surface area contributed by atoms with Gasteiger partial charge in [0.25, 0.3) is 0 Å². The van der Waals surface area contributed by atoms with Crippen LogP contribution in [0.4, 0.5) is 0 Å². The molecule has 0 spiro atoms. The van der Waals surface area contributed by atoms with Gasteiger partial charge in [-0.25, -0.2) is 4.98 Å². The summed E-state index contributed by atoms with van der Waals surface area (Å²) in [5, 5.41) is 20.6. The van der Waals surface area contributed by atoms with Crippen LogP contribution in [-0.2, 0) is 0 Å². The van der Waals surface area contributed by atoms with Gasteiger partial charge in [-0.3, -0.25) is 0 Å². The van der Waals surface area contributed by atoms with Crippen LogP contribution in [-0.4, -0.2) is 24.3 Å². The number of hydrogen-bond donors (Lipinski definition) is 1. The molecule has 5 heteroatoms. The lowest BCUT2D eigenvalue weighted by molar-refractivity contribution is 0.340. The van der Waals surface area contributed by atoms with Gasteiger partial charge in [0.1, 0.15) is 6.07 Å². The Morgan fingerprint density at radius 1 is 1.08 bits per heavy atom. The van der Waals surface area contributed by atoms with Gasteiger partial charge in [0.15, 0.2) is 11.5 Å². The Balaban J connectivity index is 2.09. The second-order valence-electron chi connectivity index (χ2n) is 5.33. The Hall–Kier alpha value is -3.52. The molecule has 0 saturated heterocycles. The fourth-order valence-electron chi connectivity index (χ4n) is 2.54. The van der Waals surface area contributed by atoms with E-state index >= 15 is 0 Å². The van der Waals surface area contributed by atoms with E-state index in [1.165, 1.54) is 14.2 Å². The Kier molecular flexibility index (Phi) is 4.53. The number of phenolic OH excluding ortho intramolecular Hbond substituents is 1. The molecule has 1 aromatic heterocycles. The third kappa shape index (κ3) is 3.24. The molecule has 3 aromatic rings. The van der Waals surface area contributed by atoms with Gasteiger partial charge in [-0.2, -0.15) is 5.26 Å². The number of rotatable bonds is 4. The summed E-state index contributed by atoms with van der Waals surface area (Å²) in [5.41, 5.74) is 2.47. The van der Waals surface area contributed by atoms with Crippen LogP contribution < -0.4 is 9.47 Å². The van der Waals surface area contributed by atoms with Crippen molar-refractivity contribution in [2.24, 2.45) is 0 Å². The number of benzene rings is 2. The van der Waals surface area contributed by atoms with Crippen LogP contribution in [0.1, 0.15) is 11.3 Å². The molecule has 0 amide bonds. The highest BCUT2D eigenvalue weighted by Crippen LogP contribution is 2.38. The van der Waals surface area contributed by atoms with Crippen molar-refractivity contribution in [2.75, 3.05) is 14.2 Å². The Labute approximate surface area is 145 Å².